The molecule has 0 fully saturated rings. The number of rotatable bonds is 3. The van der Waals surface area contributed by atoms with E-state index in [9.17, 15) is 9.18 Å². The van der Waals surface area contributed by atoms with Gasteiger partial charge in [0.15, 0.2) is 0 Å². The van der Waals surface area contributed by atoms with Crippen LogP contribution in [0.3, 0.4) is 0 Å². The molecule has 0 saturated carbocycles. The van der Waals surface area contributed by atoms with E-state index in [1.807, 2.05) is 0 Å². The Bertz CT molecular complexity index is 596. The van der Waals surface area contributed by atoms with Gasteiger partial charge in [0.2, 0.25) is 0 Å². The Hall–Kier alpha value is -1.87. The number of carboxylic acid groups (broad SMARTS) is 1. The van der Waals surface area contributed by atoms with E-state index in [2.05, 4.69) is 0 Å². The minimum Gasteiger partial charge on any atom is -0.481 e. The second-order valence-electron chi connectivity index (χ2n) is 3.93. The van der Waals surface area contributed by atoms with Crippen LogP contribution in [0, 0.1) is 5.82 Å². The van der Waals surface area contributed by atoms with Crippen LogP contribution in [0.1, 0.15) is 5.56 Å². The van der Waals surface area contributed by atoms with Crippen molar-refractivity contribution in [1.82, 2.24) is 0 Å². The second kappa shape index (κ2) is 5.19. The molecular formula is C14H10ClFO2. The minimum atomic E-state index is -0.988. The van der Waals surface area contributed by atoms with Crippen LogP contribution < -0.4 is 0 Å². The lowest BCUT2D eigenvalue weighted by molar-refractivity contribution is -0.136. The summed E-state index contributed by atoms with van der Waals surface area (Å²) in [5.74, 6) is -1.44. The average molecular weight is 265 g/mol. The summed E-state index contributed by atoms with van der Waals surface area (Å²) < 4.78 is 13.4. The molecule has 0 radical (unpaired) electrons. The van der Waals surface area contributed by atoms with Gasteiger partial charge in [-0.25, -0.2) is 4.39 Å². The fraction of sp³-hybridized carbons (Fsp3) is 0.0714. The standard InChI is InChI=1S/C14H10ClFO2/c15-12-3-1-2-10(7-12)11-4-9(6-14(17)18)5-13(16)8-11/h1-5,7-8H,6H2,(H,17,18). The van der Waals surface area contributed by atoms with Gasteiger partial charge < -0.3 is 5.11 Å². The number of aliphatic carboxylic acids is 1. The third-order valence-corrected chi connectivity index (χ3v) is 2.71. The predicted molar refractivity (Wildman–Crippen MR) is 68.2 cm³/mol. The van der Waals surface area contributed by atoms with Crippen molar-refractivity contribution in [2.75, 3.05) is 0 Å². The van der Waals surface area contributed by atoms with Gasteiger partial charge in [-0.15, -0.1) is 0 Å². The number of carboxylic acids is 1. The lowest BCUT2D eigenvalue weighted by atomic mass is 10.0. The first-order valence-electron chi connectivity index (χ1n) is 5.32. The second-order valence-corrected chi connectivity index (χ2v) is 4.37. The zero-order valence-corrected chi connectivity index (χ0v) is 10.1. The molecule has 0 atom stereocenters. The van der Waals surface area contributed by atoms with E-state index in [4.69, 9.17) is 16.7 Å². The quantitative estimate of drug-likeness (QED) is 0.916. The van der Waals surface area contributed by atoms with E-state index in [0.717, 1.165) is 5.56 Å². The number of hydrogen-bond donors (Lipinski definition) is 1. The van der Waals surface area contributed by atoms with Crippen LogP contribution in [0.15, 0.2) is 42.5 Å². The molecule has 0 bridgehead atoms. The Balaban J connectivity index is 2.44. The minimum absolute atomic E-state index is 0.203. The molecule has 92 valence electrons. The Kier molecular flexibility index (Phi) is 3.63. The SMILES string of the molecule is O=C(O)Cc1cc(F)cc(-c2cccc(Cl)c2)c1. The lowest BCUT2D eigenvalue weighted by Gasteiger charge is -2.05. The fourth-order valence-corrected chi connectivity index (χ4v) is 1.95. The smallest absolute Gasteiger partial charge is 0.307 e. The van der Waals surface area contributed by atoms with E-state index in [-0.39, 0.29) is 6.42 Å². The number of benzene rings is 2. The van der Waals surface area contributed by atoms with Gasteiger partial charge in [-0.3, -0.25) is 4.79 Å². The van der Waals surface area contributed by atoms with E-state index >= 15 is 0 Å². The highest BCUT2D eigenvalue weighted by molar-refractivity contribution is 6.30. The third-order valence-electron chi connectivity index (χ3n) is 2.47. The third kappa shape index (κ3) is 3.08. The molecule has 0 spiro atoms. The molecule has 0 amide bonds. The first-order chi connectivity index (χ1) is 8.54. The predicted octanol–water partition coefficient (Wildman–Crippen LogP) is 3.77. The van der Waals surface area contributed by atoms with Crippen LogP contribution in [0.5, 0.6) is 0 Å². The fourth-order valence-electron chi connectivity index (χ4n) is 1.76. The summed E-state index contributed by atoms with van der Waals surface area (Å²) in [6, 6.07) is 11.2. The van der Waals surface area contributed by atoms with Gasteiger partial charge in [-0.1, -0.05) is 29.8 Å². The number of hydrogen-bond acceptors (Lipinski definition) is 1. The van der Waals surface area contributed by atoms with Crippen LogP contribution in [-0.4, -0.2) is 11.1 Å². The van der Waals surface area contributed by atoms with Gasteiger partial charge in [-0.05, 0) is 41.0 Å². The summed E-state index contributed by atoms with van der Waals surface area (Å²) >= 11 is 5.87. The van der Waals surface area contributed by atoms with Gasteiger partial charge in [0.1, 0.15) is 5.82 Å². The van der Waals surface area contributed by atoms with E-state index in [1.165, 1.54) is 12.1 Å². The first-order valence-corrected chi connectivity index (χ1v) is 5.69. The molecule has 18 heavy (non-hydrogen) atoms. The van der Waals surface area contributed by atoms with Crippen molar-refractivity contribution in [2.45, 2.75) is 6.42 Å². The molecule has 1 N–H and O–H groups in total. The maximum absolute atomic E-state index is 13.4. The maximum atomic E-state index is 13.4. The monoisotopic (exact) mass is 264 g/mol. The molecule has 0 aliphatic carbocycles. The van der Waals surface area contributed by atoms with Crippen molar-refractivity contribution >= 4 is 17.6 Å². The zero-order valence-electron chi connectivity index (χ0n) is 9.36. The van der Waals surface area contributed by atoms with Crippen molar-refractivity contribution < 1.29 is 14.3 Å². The molecule has 0 aliphatic heterocycles. The zero-order chi connectivity index (χ0) is 13.1. The van der Waals surface area contributed by atoms with Gasteiger partial charge in [0.05, 0.1) is 6.42 Å². The summed E-state index contributed by atoms with van der Waals surface area (Å²) in [7, 11) is 0. The van der Waals surface area contributed by atoms with Crippen molar-refractivity contribution in [3.63, 3.8) is 0 Å². The summed E-state index contributed by atoms with van der Waals surface area (Å²) in [6.07, 6.45) is -0.203. The summed E-state index contributed by atoms with van der Waals surface area (Å²) in [6.45, 7) is 0. The molecule has 2 aromatic carbocycles. The van der Waals surface area contributed by atoms with E-state index in [0.29, 0.717) is 16.1 Å². The molecule has 0 unspecified atom stereocenters. The van der Waals surface area contributed by atoms with Crippen molar-refractivity contribution in [2.24, 2.45) is 0 Å². The molecular weight excluding hydrogens is 255 g/mol. The highest BCUT2D eigenvalue weighted by atomic mass is 35.5. The molecule has 0 heterocycles. The van der Waals surface area contributed by atoms with Crippen LogP contribution in [0.25, 0.3) is 11.1 Å². The Morgan fingerprint density at radius 2 is 1.94 bits per heavy atom. The topological polar surface area (TPSA) is 37.3 Å². The Morgan fingerprint density at radius 3 is 2.61 bits per heavy atom. The van der Waals surface area contributed by atoms with Gasteiger partial charge >= 0.3 is 5.97 Å². The average Bonchev–Trinajstić information content (AvgIpc) is 2.27. The highest BCUT2D eigenvalue weighted by Crippen LogP contribution is 2.24. The molecule has 2 nitrogen and oxygen atoms in total. The van der Waals surface area contributed by atoms with E-state index < -0.39 is 11.8 Å². The van der Waals surface area contributed by atoms with Crippen LogP contribution >= 0.6 is 11.6 Å². The normalized spacial score (nSPS) is 10.3. The molecule has 2 aromatic rings. The molecule has 2 rings (SSSR count). The van der Waals surface area contributed by atoms with Crippen LogP contribution in [-0.2, 0) is 11.2 Å². The van der Waals surface area contributed by atoms with Gasteiger partial charge in [0.25, 0.3) is 0 Å². The van der Waals surface area contributed by atoms with Crippen molar-refractivity contribution in [3.05, 3.63) is 58.9 Å². The Morgan fingerprint density at radius 1 is 1.17 bits per heavy atom. The van der Waals surface area contributed by atoms with E-state index in [1.54, 1.807) is 30.3 Å². The van der Waals surface area contributed by atoms with Crippen LogP contribution in [0.2, 0.25) is 5.02 Å². The summed E-state index contributed by atoms with van der Waals surface area (Å²) in [5.41, 5.74) is 1.81. The molecule has 0 aliphatic rings. The molecule has 0 saturated heterocycles. The largest absolute Gasteiger partial charge is 0.481 e. The van der Waals surface area contributed by atoms with Crippen molar-refractivity contribution in [3.8, 4) is 11.1 Å². The maximum Gasteiger partial charge on any atom is 0.307 e. The molecule has 4 heteroatoms. The van der Waals surface area contributed by atoms with Gasteiger partial charge in [-0.2, -0.15) is 0 Å². The van der Waals surface area contributed by atoms with Crippen LogP contribution in [0.4, 0.5) is 4.39 Å². The highest BCUT2D eigenvalue weighted by Gasteiger charge is 2.06. The summed E-state index contributed by atoms with van der Waals surface area (Å²) in [5, 5.41) is 9.27. The lowest BCUT2D eigenvalue weighted by Crippen LogP contribution is -2.00. The first kappa shape index (κ1) is 12.6. The number of halogens is 2. The molecule has 0 aromatic heterocycles. The van der Waals surface area contributed by atoms with Gasteiger partial charge in [0, 0.05) is 5.02 Å². The van der Waals surface area contributed by atoms with Crippen molar-refractivity contribution in [1.29, 1.82) is 0 Å². The summed E-state index contributed by atoms with van der Waals surface area (Å²) in [4.78, 5) is 10.6. The Labute approximate surface area is 109 Å². The number of carbonyl (C=O) groups is 1.